The lowest BCUT2D eigenvalue weighted by molar-refractivity contribution is 0.586. The smallest absolute Gasteiger partial charge is 0.135 e. The number of aryl methyl sites for hydroxylation is 1. The van der Waals surface area contributed by atoms with Crippen molar-refractivity contribution in [3.63, 3.8) is 0 Å². The fourth-order valence-corrected chi connectivity index (χ4v) is 1.73. The summed E-state index contributed by atoms with van der Waals surface area (Å²) < 4.78 is 27.5. The highest BCUT2D eigenvalue weighted by atomic mass is 19.1. The quantitative estimate of drug-likeness (QED) is 0.806. The van der Waals surface area contributed by atoms with Crippen molar-refractivity contribution >= 4 is 0 Å². The van der Waals surface area contributed by atoms with Gasteiger partial charge in [-0.2, -0.15) is 10.2 Å². The number of hydrogen-bond acceptors (Lipinski definition) is 2. The Morgan fingerprint density at radius 2 is 1.61 bits per heavy atom. The van der Waals surface area contributed by atoms with Crippen molar-refractivity contribution in [2.24, 2.45) is 0 Å². The molecule has 1 heterocycles. The summed E-state index contributed by atoms with van der Waals surface area (Å²) in [5.74, 6) is -0.988. The normalized spacial score (nSPS) is 11.0. The van der Waals surface area contributed by atoms with Gasteiger partial charge in [0.2, 0.25) is 0 Å². The maximum Gasteiger partial charge on any atom is 0.135 e. The van der Waals surface area contributed by atoms with Crippen LogP contribution in [0.15, 0.2) is 24.3 Å². The van der Waals surface area contributed by atoms with Gasteiger partial charge in [-0.15, -0.1) is 0 Å². The van der Waals surface area contributed by atoms with Crippen LogP contribution in [0.25, 0.3) is 11.3 Å². The van der Waals surface area contributed by atoms with Gasteiger partial charge in [-0.3, -0.25) is 0 Å². The molecule has 0 fully saturated rings. The Hall–Kier alpha value is -1.84. The molecule has 0 saturated carbocycles. The van der Waals surface area contributed by atoms with E-state index in [1.54, 1.807) is 19.1 Å². The van der Waals surface area contributed by atoms with Crippen molar-refractivity contribution in [1.29, 1.82) is 0 Å². The lowest BCUT2D eigenvalue weighted by atomic mass is 10.1. The molecule has 0 aliphatic heterocycles. The van der Waals surface area contributed by atoms with Crippen LogP contribution < -0.4 is 0 Å². The molecule has 1 aromatic heterocycles. The molecular weight excluding hydrogens is 234 g/mol. The van der Waals surface area contributed by atoms with Crippen LogP contribution in [0.4, 0.5) is 8.78 Å². The summed E-state index contributed by atoms with van der Waals surface area (Å²) in [5.41, 5.74) is 1.44. The predicted molar refractivity (Wildman–Crippen MR) is 66.2 cm³/mol. The Kier molecular flexibility index (Phi) is 3.36. The average molecular weight is 248 g/mol. The van der Waals surface area contributed by atoms with E-state index in [9.17, 15) is 8.78 Å². The van der Waals surface area contributed by atoms with Crippen LogP contribution in [0, 0.1) is 18.6 Å². The first-order valence-electron chi connectivity index (χ1n) is 5.78. The molecule has 1 aromatic carbocycles. The Morgan fingerprint density at radius 3 is 2.06 bits per heavy atom. The number of rotatable bonds is 2. The summed E-state index contributed by atoms with van der Waals surface area (Å²) in [6.45, 7) is 5.61. The number of hydrogen-bond donors (Lipinski definition) is 0. The van der Waals surface area contributed by atoms with E-state index in [4.69, 9.17) is 0 Å². The van der Waals surface area contributed by atoms with E-state index < -0.39 is 11.6 Å². The molecule has 94 valence electrons. The van der Waals surface area contributed by atoms with E-state index in [-0.39, 0.29) is 17.2 Å². The number of halogens is 2. The molecule has 0 bridgehead atoms. The van der Waals surface area contributed by atoms with Crippen molar-refractivity contribution in [3.05, 3.63) is 47.2 Å². The molecule has 2 aromatic rings. The van der Waals surface area contributed by atoms with Gasteiger partial charge in [0.1, 0.15) is 11.6 Å². The summed E-state index contributed by atoms with van der Waals surface area (Å²) in [5, 5.41) is 7.87. The summed E-state index contributed by atoms with van der Waals surface area (Å²) in [4.78, 5) is 0. The van der Waals surface area contributed by atoms with E-state index in [1.807, 2.05) is 13.8 Å². The Labute approximate surface area is 105 Å². The summed E-state index contributed by atoms with van der Waals surface area (Å²) in [7, 11) is 0. The third kappa shape index (κ3) is 2.37. The van der Waals surface area contributed by atoms with Gasteiger partial charge in [-0.1, -0.05) is 13.8 Å². The lowest BCUT2D eigenvalue weighted by Crippen LogP contribution is -1.99. The first-order valence-corrected chi connectivity index (χ1v) is 5.78. The zero-order valence-corrected chi connectivity index (χ0v) is 10.5. The lowest BCUT2D eigenvalue weighted by Gasteiger charge is -2.07. The van der Waals surface area contributed by atoms with E-state index in [0.717, 1.165) is 5.69 Å². The standard InChI is InChI=1S/C14H14F2N2/c1-8(2)12-4-5-13(18-17-12)14-10(15)6-9(3)7-11(14)16/h4-8H,1-3H3. The highest BCUT2D eigenvalue weighted by Crippen LogP contribution is 2.25. The number of benzene rings is 1. The van der Waals surface area contributed by atoms with E-state index in [2.05, 4.69) is 10.2 Å². The van der Waals surface area contributed by atoms with Crippen molar-refractivity contribution in [2.45, 2.75) is 26.7 Å². The molecule has 0 unspecified atom stereocenters. The predicted octanol–water partition coefficient (Wildman–Crippen LogP) is 3.85. The maximum atomic E-state index is 13.7. The van der Waals surface area contributed by atoms with E-state index in [1.165, 1.54) is 12.1 Å². The van der Waals surface area contributed by atoms with Crippen molar-refractivity contribution < 1.29 is 8.78 Å². The van der Waals surface area contributed by atoms with Crippen LogP contribution in [0.3, 0.4) is 0 Å². The Balaban J connectivity index is 2.49. The molecule has 4 heteroatoms. The third-order valence-electron chi connectivity index (χ3n) is 2.72. The molecule has 0 N–H and O–H groups in total. The molecule has 2 nitrogen and oxygen atoms in total. The van der Waals surface area contributed by atoms with Crippen LogP contribution >= 0.6 is 0 Å². The van der Waals surface area contributed by atoms with Gasteiger partial charge in [0, 0.05) is 0 Å². The van der Waals surface area contributed by atoms with Gasteiger partial charge in [-0.25, -0.2) is 8.78 Å². The van der Waals surface area contributed by atoms with Crippen LogP contribution in [0.1, 0.15) is 31.0 Å². The molecule has 0 amide bonds. The molecule has 18 heavy (non-hydrogen) atoms. The minimum atomic E-state index is -0.612. The van der Waals surface area contributed by atoms with Crippen molar-refractivity contribution in [3.8, 4) is 11.3 Å². The average Bonchev–Trinajstić information content (AvgIpc) is 2.28. The Morgan fingerprint density at radius 1 is 1.00 bits per heavy atom. The zero-order chi connectivity index (χ0) is 13.3. The monoisotopic (exact) mass is 248 g/mol. The second-order valence-corrected chi connectivity index (χ2v) is 4.60. The number of aromatic nitrogens is 2. The first-order chi connectivity index (χ1) is 8.49. The van der Waals surface area contributed by atoms with Gasteiger partial charge < -0.3 is 0 Å². The van der Waals surface area contributed by atoms with Crippen LogP contribution in [-0.4, -0.2) is 10.2 Å². The SMILES string of the molecule is Cc1cc(F)c(-c2ccc(C(C)C)nn2)c(F)c1. The molecule has 0 aliphatic rings. The maximum absolute atomic E-state index is 13.7. The molecule has 0 spiro atoms. The highest BCUT2D eigenvalue weighted by Gasteiger charge is 2.14. The van der Waals surface area contributed by atoms with Crippen molar-refractivity contribution in [2.75, 3.05) is 0 Å². The van der Waals surface area contributed by atoms with Gasteiger partial charge in [0.05, 0.1) is 17.0 Å². The van der Waals surface area contributed by atoms with Gasteiger partial charge in [-0.05, 0) is 42.7 Å². The summed E-state index contributed by atoms with van der Waals surface area (Å²) in [6, 6.07) is 5.91. The van der Waals surface area contributed by atoms with Crippen LogP contribution in [0.2, 0.25) is 0 Å². The van der Waals surface area contributed by atoms with Crippen molar-refractivity contribution in [1.82, 2.24) is 10.2 Å². The molecule has 0 aliphatic carbocycles. The minimum absolute atomic E-state index is 0.122. The summed E-state index contributed by atoms with van der Waals surface area (Å²) in [6.07, 6.45) is 0. The Bertz CT molecular complexity index is 540. The second-order valence-electron chi connectivity index (χ2n) is 4.60. The molecular formula is C14H14F2N2. The first kappa shape index (κ1) is 12.6. The van der Waals surface area contributed by atoms with Gasteiger partial charge in [0.25, 0.3) is 0 Å². The number of nitrogens with zero attached hydrogens (tertiary/aromatic N) is 2. The van der Waals surface area contributed by atoms with Crippen LogP contribution in [0.5, 0.6) is 0 Å². The van der Waals surface area contributed by atoms with Gasteiger partial charge >= 0.3 is 0 Å². The molecule has 0 atom stereocenters. The summed E-state index contributed by atoms with van der Waals surface area (Å²) >= 11 is 0. The van der Waals surface area contributed by atoms with Gasteiger partial charge in [0.15, 0.2) is 0 Å². The van der Waals surface area contributed by atoms with E-state index >= 15 is 0 Å². The second kappa shape index (κ2) is 4.80. The highest BCUT2D eigenvalue weighted by molar-refractivity contribution is 5.60. The zero-order valence-electron chi connectivity index (χ0n) is 10.5. The third-order valence-corrected chi connectivity index (χ3v) is 2.72. The fraction of sp³-hybridized carbons (Fsp3) is 0.286. The van der Waals surface area contributed by atoms with E-state index in [0.29, 0.717) is 5.56 Å². The minimum Gasteiger partial charge on any atom is -0.206 e. The largest absolute Gasteiger partial charge is 0.206 e. The molecule has 2 rings (SSSR count). The topological polar surface area (TPSA) is 25.8 Å². The fourth-order valence-electron chi connectivity index (χ4n) is 1.73. The van der Waals surface area contributed by atoms with Crippen LogP contribution in [-0.2, 0) is 0 Å². The molecule has 0 saturated heterocycles. The molecule has 0 radical (unpaired) electrons.